The maximum absolute atomic E-state index is 13.0. The van der Waals surface area contributed by atoms with Gasteiger partial charge >= 0.3 is 0 Å². The Balaban J connectivity index is 0.798. The average molecular weight is 741 g/mol. The normalized spacial score (nSPS) is 19.2. The van der Waals surface area contributed by atoms with E-state index in [2.05, 4.69) is 42.2 Å². The van der Waals surface area contributed by atoms with Gasteiger partial charge in [0.05, 0.1) is 54.9 Å². The largest absolute Gasteiger partial charge is 0.491 e. The Labute approximate surface area is 312 Å². The first-order valence-electron chi connectivity index (χ1n) is 18.3. The lowest BCUT2D eigenvalue weighted by Gasteiger charge is -2.40. The third kappa shape index (κ3) is 8.05. The van der Waals surface area contributed by atoms with Crippen molar-refractivity contribution in [3.05, 3.63) is 59.9 Å². The van der Waals surface area contributed by atoms with Crippen LogP contribution in [-0.2, 0) is 19.1 Å². The van der Waals surface area contributed by atoms with Gasteiger partial charge in [-0.1, -0.05) is 0 Å². The molecule has 4 amide bonds. The number of amides is 4. The third-order valence-corrected chi connectivity index (χ3v) is 9.69. The van der Waals surface area contributed by atoms with Crippen molar-refractivity contribution in [3.63, 3.8) is 0 Å². The van der Waals surface area contributed by atoms with Crippen LogP contribution in [0.25, 0.3) is 22.3 Å². The van der Waals surface area contributed by atoms with Gasteiger partial charge in [-0.05, 0) is 63.6 Å². The summed E-state index contributed by atoms with van der Waals surface area (Å²) >= 11 is 0. The van der Waals surface area contributed by atoms with Gasteiger partial charge in [0.2, 0.25) is 11.8 Å². The number of aromatic nitrogens is 4. The van der Waals surface area contributed by atoms with E-state index >= 15 is 0 Å². The Bertz CT molecular complexity index is 2040. The highest BCUT2D eigenvalue weighted by Gasteiger charge is 2.44. The number of nitrogens with one attached hydrogen (secondary N) is 2. The van der Waals surface area contributed by atoms with E-state index in [1.165, 1.54) is 12.1 Å². The second-order valence-corrected chi connectivity index (χ2v) is 13.8. The van der Waals surface area contributed by atoms with Crippen LogP contribution in [0.15, 0.2) is 48.8 Å². The molecule has 5 heterocycles. The molecule has 3 aliphatic heterocycles. The molecular weight excluding hydrogens is 696 g/mol. The summed E-state index contributed by atoms with van der Waals surface area (Å²) in [5.74, 6) is -0.129. The molecule has 2 saturated heterocycles. The molecule has 0 bridgehead atoms. The van der Waals surface area contributed by atoms with Gasteiger partial charge in [-0.3, -0.25) is 39.4 Å². The van der Waals surface area contributed by atoms with Crippen LogP contribution in [0.3, 0.4) is 0 Å². The molecule has 16 nitrogen and oxygen atoms in total. The zero-order valence-electron chi connectivity index (χ0n) is 30.6. The number of hydrogen-bond donors (Lipinski definition) is 2. The van der Waals surface area contributed by atoms with E-state index in [4.69, 9.17) is 18.9 Å². The van der Waals surface area contributed by atoms with E-state index in [1.807, 2.05) is 38.1 Å². The van der Waals surface area contributed by atoms with Crippen LogP contribution in [-0.4, -0.2) is 131 Å². The number of hydrogen-bond acceptors (Lipinski definition) is 13. The highest BCUT2D eigenvalue weighted by atomic mass is 16.5. The van der Waals surface area contributed by atoms with Crippen molar-refractivity contribution in [1.29, 1.82) is 0 Å². The van der Waals surface area contributed by atoms with Gasteiger partial charge in [0.1, 0.15) is 42.0 Å². The number of carbonyl (C=O) groups is 4. The van der Waals surface area contributed by atoms with E-state index in [-0.39, 0.29) is 36.7 Å². The maximum Gasteiger partial charge on any atom is 0.262 e. The van der Waals surface area contributed by atoms with Crippen molar-refractivity contribution in [3.8, 4) is 22.9 Å². The maximum atomic E-state index is 13.0. The van der Waals surface area contributed by atoms with E-state index in [0.717, 1.165) is 64.9 Å². The fourth-order valence-corrected chi connectivity index (χ4v) is 6.98. The summed E-state index contributed by atoms with van der Waals surface area (Å²) in [6.45, 7) is 11.5. The standard InChI is InChI=1S/C38H44N8O8/c1-23(2)54-26-5-7-30-29(19-26)35(43-42-30)31-20-33(40-22-39-31)45-11-10-44(24(3)21-45)12-13-51-14-15-52-16-17-53-25-4-6-27-28(18-25)38(50)46(37(27)49)32-8-9-34(47)41-36(32)48/h4-7,18-20,22-24,32H,8-17,21H2,1-3H3,(H,42,43)(H,41,47,48)/t24-,32?/m0/s1. The molecular formula is C38H44N8O8. The lowest BCUT2D eigenvalue weighted by atomic mass is 10.0. The zero-order chi connectivity index (χ0) is 37.8. The second kappa shape index (κ2) is 16.3. The summed E-state index contributed by atoms with van der Waals surface area (Å²) in [6.07, 6.45) is 1.84. The number of ether oxygens (including phenoxy) is 4. The topological polar surface area (TPSA) is 181 Å². The van der Waals surface area contributed by atoms with Crippen molar-refractivity contribution < 1.29 is 38.1 Å². The van der Waals surface area contributed by atoms with Gasteiger partial charge in [0.15, 0.2) is 0 Å². The molecule has 2 aromatic heterocycles. The number of carbonyl (C=O) groups excluding carboxylic acids is 4. The van der Waals surface area contributed by atoms with E-state index in [1.54, 1.807) is 12.4 Å². The summed E-state index contributed by atoms with van der Waals surface area (Å²) in [5.41, 5.74) is 2.80. The molecule has 2 N–H and O–H groups in total. The number of nitrogens with zero attached hydrogens (tertiary/aromatic N) is 6. The first kappa shape index (κ1) is 36.9. The molecule has 0 saturated carbocycles. The van der Waals surface area contributed by atoms with Crippen molar-refractivity contribution in [2.75, 3.05) is 64.1 Å². The van der Waals surface area contributed by atoms with Gasteiger partial charge in [-0.15, -0.1) is 0 Å². The fourth-order valence-electron chi connectivity index (χ4n) is 6.98. The van der Waals surface area contributed by atoms with Crippen molar-refractivity contribution in [2.45, 2.75) is 51.8 Å². The number of imide groups is 2. The zero-order valence-corrected chi connectivity index (χ0v) is 30.6. The van der Waals surface area contributed by atoms with E-state index in [0.29, 0.717) is 38.2 Å². The highest BCUT2D eigenvalue weighted by Crippen LogP contribution is 2.32. The molecule has 2 atom stereocenters. The molecule has 3 aliphatic rings. The number of aromatic amines is 1. The Hall–Kier alpha value is -5.45. The Morgan fingerprint density at radius 1 is 0.870 bits per heavy atom. The number of rotatable bonds is 15. The minimum absolute atomic E-state index is 0.0657. The van der Waals surface area contributed by atoms with Crippen LogP contribution in [0.2, 0.25) is 0 Å². The highest BCUT2D eigenvalue weighted by molar-refractivity contribution is 6.23. The van der Waals surface area contributed by atoms with Crippen LogP contribution < -0.4 is 19.7 Å². The van der Waals surface area contributed by atoms with Crippen LogP contribution in [0.1, 0.15) is 54.3 Å². The lowest BCUT2D eigenvalue weighted by molar-refractivity contribution is -0.136. The van der Waals surface area contributed by atoms with Gasteiger partial charge in [-0.2, -0.15) is 5.10 Å². The van der Waals surface area contributed by atoms with Gasteiger partial charge < -0.3 is 23.8 Å². The molecule has 1 unspecified atom stereocenters. The number of piperidine rings is 1. The molecule has 284 valence electrons. The van der Waals surface area contributed by atoms with Gasteiger partial charge in [0.25, 0.3) is 11.8 Å². The third-order valence-electron chi connectivity index (χ3n) is 9.69. The van der Waals surface area contributed by atoms with Gasteiger partial charge in [-0.25, -0.2) is 9.97 Å². The van der Waals surface area contributed by atoms with Crippen LogP contribution >= 0.6 is 0 Å². The van der Waals surface area contributed by atoms with E-state index < -0.39 is 29.7 Å². The Morgan fingerprint density at radius 3 is 2.44 bits per heavy atom. The molecule has 0 radical (unpaired) electrons. The lowest BCUT2D eigenvalue weighted by Crippen LogP contribution is -2.54. The molecule has 54 heavy (non-hydrogen) atoms. The molecule has 2 fully saturated rings. The molecule has 0 spiro atoms. The summed E-state index contributed by atoms with van der Waals surface area (Å²) in [6, 6.07) is 11.8. The minimum Gasteiger partial charge on any atom is -0.491 e. The smallest absolute Gasteiger partial charge is 0.262 e. The first-order valence-corrected chi connectivity index (χ1v) is 18.3. The predicted molar refractivity (Wildman–Crippen MR) is 196 cm³/mol. The van der Waals surface area contributed by atoms with Crippen molar-refractivity contribution in [2.24, 2.45) is 0 Å². The van der Waals surface area contributed by atoms with Crippen molar-refractivity contribution in [1.82, 2.24) is 35.3 Å². The summed E-state index contributed by atoms with van der Waals surface area (Å²) in [4.78, 5) is 64.4. The van der Waals surface area contributed by atoms with Crippen LogP contribution in [0, 0.1) is 0 Å². The number of anilines is 1. The average Bonchev–Trinajstić information content (AvgIpc) is 3.68. The van der Waals surface area contributed by atoms with Crippen LogP contribution in [0.4, 0.5) is 5.82 Å². The second-order valence-electron chi connectivity index (χ2n) is 13.8. The summed E-state index contributed by atoms with van der Waals surface area (Å²) < 4.78 is 23.2. The number of H-pyrrole nitrogens is 1. The summed E-state index contributed by atoms with van der Waals surface area (Å²) in [7, 11) is 0. The molecule has 4 aromatic rings. The number of piperazine rings is 1. The SMILES string of the molecule is CC(C)Oc1ccc2[nH]nc(-c3cc(N4CCN(CCOCCOCCOc5ccc6c(c5)C(=O)N(C5CCC(=O)NC5=O)C6=O)[C@@H](C)C4)ncn3)c2c1. The van der Waals surface area contributed by atoms with Crippen molar-refractivity contribution >= 4 is 40.3 Å². The first-order chi connectivity index (χ1) is 26.2. The predicted octanol–water partition coefficient (Wildman–Crippen LogP) is 2.83. The van der Waals surface area contributed by atoms with Gasteiger partial charge in [0, 0.05) is 50.1 Å². The number of fused-ring (bicyclic) bond motifs is 2. The quantitative estimate of drug-likeness (QED) is 0.134. The summed E-state index contributed by atoms with van der Waals surface area (Å²) in [5, 5.41) is 10.8. The molecule has 16 heteroatoms. The monoisotopic (exact) mass is 740 g/mol. The fraction of sp³-hybridized carbons (Fsp3) is 0.447. The van der Waals surface area contributed by atoms with E-state index in [9.17, 15) is 19.2 Å². The Morgan fingerprint density at radius 2 is 1.65 bits per heavy atom. The molecule has 2 aromatic carbocycles. The number of benzene rings is 2. The molecule has 0 aliphatic carbocycles. The Kier molecular flexibility index (Phi) is 11.1. The minimum atomic E-state index is -1.01. The molecule has 7 rings (SSSR count). The van der Waals surface area contributed by atoms with Crippen LogP contribution in [0.5, 0.6) is 11.5 Å².